The molecule has 5 nitrogen and oxygen atoms in total. The molecular formula is C30H34Cl2N2O3. The highest BCUT2D eigenvalue weighted by atomic mass is 35.5. The molecule has 0 unspecified atom stereocenters. The zero-order valence-corrected chi connectivity index (χ0v) is 23.1. The van der Waals surface area contributed by atoms with Gasteiger partial charge in [0.05, 0.1) is 6.61 Å². The van der Waals surface area contributed by atoms with Gasteiger partial charge < -0.3 is 15.0 Å². The van der Waals surface area contributed by atoms with Crippen LogP contribution in [-0.2, 0) is 22.6 Å². The van der Waals surface area contributed by atoms with Gasteiger partial charge in [-0.05, 0) is 57.0 Å². The third-order valence-corrected chi connectivity index (χ3v) is 6.63. The van der Waals surface area contributed by atoms with Gasteiger partial charge in [0.25, 0.3) is 0 Å². The van der Waals surface area contributed by atoms with E-state index in [1.807, 2.05) is 75.4 Å². The third kappa shape index (κ3) is 8.80. The van der Waals surface area contributed by atoms with Crippen LogP contribution >= 0.6 is 23.2 Å². The number of hydrogen-bond acceptors (Lipinski definition) is 3. The van der Waals surface area contributed by atoms with Crippen LogP contribution in [0.25, 0.3) is 0 Å². The van der Waals surface area contributed by atoms with Crippen molar-refractivity contribution < 1.29 is 14.3 Å². The van der Waals surface area contributed by atoms with Crippen LogP contribution in [0.2, 0.25) is 10.0 Å². The first-order valence-corrected chi connectivity index (χ1v) is 13.3. The van der Waals surface area contributed by atoms with Crippen LogP contribution in [0.15, 0.2) is 72.8 Å². The molecule has 0 spiro atoms. The van der Waals surface area contributed by atoms with Crippen LogP contribution in [0.3, 0.4) is 0 Å². The predicted molar refractivity (Wildman–Crippen MR) is 150 cm³/mol. The molecule has 0 heterocycles. The van der Waals surface area contributed by atoms with E-state index in [1.54, 1.807) is 23.1 Å². The highest BCUT2D eigenvalue weighted by molar-refractivity contribution is 6.36. The summed E-state index contributed by atoms with van der Waals surface area (Å²) >= 11 is 12.9. The number of hydrogen-bond donors (Lipinski definition) is 1. The van der Waals surface area contributed by atoms with E-state index in [4.69, 9.17) is 27.9 Å². The average Bonchev–Trinajstić information content (AvgIpc) is 2.86. The molecule has 2 amide bonds. The first kappa shape index (κ1) is 28.5. The quantitative estimate of drug-likeness (QED) is 0.262. The number of amides is 2. The van der Waals surface area contributed by atoms with Gasteiger partial charge in [-0.1, -0.05) is 77.3 Å². The number of carbonyl (C=O) groups excluding carboxylic acids is 2. The molecule has 0 aliphatic rings. The minimum absolute atomic E-state index is 0.0745. The summed E-state index contributed by atoms with van der Waals surface area (Å²) in [6.45, 7) is 6.33. The van der Waals surface area contributed by atoms with E-state index in [0.29, 0.717) is 35.1 Å². The molecule has 1 N–H and O–H groups in total. The first-order chi connectivity index (χ1) is 17.7. The number of nitrogens with zero attached hydrogens (tertiary/aromatic N) is 1. The van der Waals surface area contributed by atoms with Crippen molar-refractivity contribution in [2.45, 2.75) is 58.7 Å². The van der Waals surface area contributed by atoms with Gasteiger partial charge in [0.15, 0.2) is 0 Å². The van der Waals surface area contributed by atoms with Gasteiger partial charge in [0, 0.05) is 41.0 Å². The molecule has 3 rings (SSSR count). The van der Waals surface area contributed by atoms with E-state index >= 15 is 0 Å². The van der Waals surface area contributed by atoms with E-state index in [0.717, 1.165) is 16.9 Å². The number of ether oxygens (including phenoxy) is 1. The Kier molecular flexibility index (Phi) is 10.8. The summed E-state index contributed by atoms with van der Waals surface area (Å²) in [4.78, 5) is 28.7. The van der Waals surface area contributed by atoms with Gasteiger partial charge in [-0.2, -0.15) is 0 Å². The van der Waals surface area contributed by atoms with Crippen LogP contribution in [0.1, 0.15) is 43.4 Å². The van der Waals surface area contributed by atoms with Crippen LogP contribution in [0, 0.1) is 6.92 Å². The maximum atomic E-state index is 13.7. The van der Waals surface area contributed by atoms with Crippen molar-refractivity contribution in [1.82, 2.24) is 10.2 Å². The Bertz CT molecular complexity index is 1150. The van der Waals surface area contributed by atoms with Gasteiger partial charge in [-0.25, -0.2) is 0 Å². The number of nitrogens with one attached hydrogen (secondary N) is 1. The molecule has 0 aliphatic carbocycles. The van der Waals surface area contributed by atoms with Crippen molar-refractivity contribution in [1.29, 1.82) is 0 Å². The topological polar surface area (TPSA) is 58.6 Å². The summed E-state index contributed by atoms with van der Waals surface area (Å²) in [7, 11) is 0. The van der Waals surface area contributed by atoms with E-state index in [9.17, 15) is 9.59 Å². The maximum Gasteiger partial charge on any atom is 0.243 e. The van der Waals surface area contributed by atoms with Crippen molar-refractivity contribution in [3.8, 4) is 5.75 Å². The van der Waals surface area contributed by atoms with Crippen LogP contribution in [0.4, 0.5) is 0 Å². The monoisotopic (exact) mass is 540 g/mol. The summed E-state index contributed by atoms with van der Waals surface area (Å²) in [6, 6.07) is 21.9. The van der Waals surface area contributed by atoms with E-state index in [-0.39, 0.29) is 30.8 Å². The molecule has 3 aromatic carbocycles. The van der Waals surface area contributed by atoms with Gasteiger partial charge in [0.2, 0.25) is 11.8 Å². The normalized spacial score (nSPS) is 11.7. The maximum absolute atomic E-state index is 13.7. The Balaban J connectivity index is 1.83. The largest absolute Gasteiger partial charge is 0.494 e. The second-order valence-electron chi connectivity index (χ2n) is 9.36. The number of carbonyl (C=O) groups is 2. The minimum atomic E-state index is -0.734. The number of aryl methyl sites for hydroxylation is 1. The summed E-state index contributed by atoms with van der Waals surface area (Å²) in [6.07, 6.45) is 1.09. The summed E-state index contributed by atoms with van der Waals surface area (Å²) in [5, 5.41) is 3.89. The van der Waals surface area contributed by atoms with Crippen molar-refractivity contribution in [2.75, 3.05) is 6.61 Å². The van der Waals surface area contributed by atoms with E-state index < -0.39 is 6.04 Å². The van der Waals surface area contributed by atoms with Crippen molar-refractivity contribution in [2.24, 2.45) is 0 Å². The Morgan fingerprint density at radius 3 is 2.19 bits per heavy atom. The van der Waals surface area contributed by atoms with Gasteiger partial charge >= 0.3 is 0 Å². The predicted octanol–water partition coefficient (Wildman–Crippen LogP) is 6.63. The molecule has 0 bridgehead atoms. The van der Waals surface area contributed by atoms with Crippen LogP contribution in [-0.4, -0.2) is 35.4 Å². The standard InChI is InChI=1S/C30H34Cl2N2O3/c1-21(2)33-30(36)28(19-23-9-5-4-6-10-23)34(20-25-26(31)11-7-12-27(25)32)29(35)13-8-18-37-24-16-14-22(3)15-17-24/h4-7,9-12,14-17,21,28H,8,13,18-20H2,1-3H3,(H,33,36)/t28-/m1/s1. The molecular weight excluding hydrogens is 507 g/mol. The van der Waals surface area contributed by atoms with E-state index in [1.165, 1.54) is 0 Å². The second kappa shape index (κ2) is 14.1. The number of benzene rings is 3. The number of rotatable bonds is 12. The van der Waals surface area contributed by atoms with Gasteiger partial charge in [-0.15, -0.1) is 0 Å². The lowest BCUT2D eigenvalue weighted by Crippen LogP contribution is -2.51. The summed E-state index contributed by atoms with van der Waals surface area (Å²) in [5.41, 5.74) is 2.73. The molecule has 0 aromatic heterocycles. The molecule has 0 saturated heterocycles. The molecule has 0 radical (unpaired) electrons. The van der Waals surface area contributed by atoms with Gasteiger partial charge in [-0.3, -0.25) is 9.59 Å². The SMILES string of the molecule is Cc1ccc(OCCCC(=O)N(Cc2c(Cl)cccc2Cl)[C@H](Cc2ccccc2)C(=O)NC(C)C)cc1. The zero-order valence-electron chi connectivity index (χ0n) is 21.5. The summed E-state index contributed by atoms with van der Waals surface area (Å²) in [5.74, 6) is 0.380. The van der Waals surface area contributed by atoms with Crippen molar-refractivity contribution in [3.05, 3.63) is 99.5 Å². The van der Waals surface area contributed by atoms with Crippen LogP contribution in [0.5, 0.6) is 5.75 Å². The fraction of sp³-hybridized carbons (Fsp3) is 0.333. The fourth-order valence-corrected chi connectivity index (χ4v) is 4.50. The summed E-state index contributed by atoms with van der Waals surface area (Å²) < 4.78 is 5.81. The van der Waals surface area contributed by atoms with Crippen LogP contribution < -0.4 is 10.1 Å². The molecule has 1 atom stereocenters. The Morgan fingerprint density at radius 1 is 0.919 bits per heavy atom. The number of halogens is 2. The van der Waals surface area contributed by atoms with Gasteiger partial charge in [0.1, 0.15) is 11.8 Å². The lowest BCUT2D eigenvalue weighted by atomic mass is 10.0. The van der Waals surface area contributed by atoms with Crippen molar-refractivity contribution >= 4 is 35.0 Å². The highest BCUT2D eigenvalue weighted by Crippen LogP contribution is 2.27. The lowest BCUT2D eigenvalue weighted by Gasteiger charge is -2.32. The molecule has 196 valence electrons. The minimum Gasteiger partial charge on any atom is -0.494 e. The fourth-order valence-electron chi connectivity index (χ4n) is 3.98. The first-order valence-electron chi connectivity index (χ1n) is 12.5. The second-order valence-corrected chi connectivity index (χ2v) is 10.2. The molecule has 37 heavy (non-hydrogen) atoms. The Morgan fingerprint density at radius 2 is 1.57 bits per heavy atom. The highest BCUT2D eigenvalue weighted by Gasteiger charge is 2.31. The average molecular weight is 542 g/mol. The Labute approximate surface area is 229 Å². The molecule has 3 aromatic rings. The smallest absolute Gasteiger partial charge is 0.243 e. The van der Waals surface area contributed by atoms with Crippen molar-refractivity contribution in [3.63, 3.8) is 0 Å². The molecule has 0 fully saturated rings. The molecule has 7 heteroatoms. The zero-order chi connectivity index (χ0) is 26.8. The van der Waals surface area contributed by atoms with E-state index in [2.05, 4.69) is 5.32 Å². The molecule has 0 saturated carbocycles. The third-order valence-electron chi connectivity index (χ3n) is 5.92. The molecule has 0 aliphatic heterocycles. The Hall–Kier alpha value is -3.02. The lowest BCUT2D eigenvalue weighted by molar-refractivity contribution is -0.141.